The Morgan fingerprint density at radius 1 is 0.944 bits per heavy atom. The van der Waals surface area contributed by atoms with E-state index in [0.29, 0.717) is 0 Å². The summed E-state index contributed by atoms with van der Waals surface area (Å²) in [5, 5.41) is 0. The van der Waals surface area contributed by atoms with Crippen molar-refractivity contribution in [2.24, 2.45) is 0 Å². The molecule has 1 fully saturated rings. The Morgan fingerprint density at radius 3 is 2.39 bits per heavy atom. The van der Waals surface area contributed by atoms with Gasteiger partial charge in [-0.05, 0) is 37.1 Å². The summed E-state index contributed by atoms with van der Waals surface area (Å²) in [6.07, 6.45) is 2.54. The number of anilines is 2. The molecule has 0 atom stereocenters. The SMILES string of the molecule is Nc1ccc(-c2cccc(N3CCCC3)n2)cc1. The minimum absolute atomic E-state index is 0.787. The molecule has 2 heterocycles. The summed E-state index contributed by atoms with van der Waals surface area (Å²) in [4.78, 5) is 7.09. The van der Waals surface area contributed by atoms with Crippen LogP contribution in [-0.2, 0) is 0 Å². The smallest absolute Gasteiger partial charge is 0.129 e. The summed E-state index contributed by atoms with van der Waals surface area (Å²) >= 11 is 0. The molecule has 3 nitrogen and oxygen atoms in total. The fraction of sp³-hybridized carbons (Fsp3) is 0.267. The number of nitrogen functional groups attached to an aromatic ring is 1. The standard InChI is InChI=1S/C15H17N3/c16-13-8-6-12(7-9-13)14-4-3-5-15(17-14)18-10-1-2-11-18/h3-9H,1-2,10-11,16H2. The highest BCUT2D eigenvalue weighted by Gasteiger charge is 2.13. The lowest BCUT2D eigenvalue weighted by Gasteiger charge is -2.16. The first-order valence-electron chi connectivity index (χ1n) is 6.41. The molecule has 1 aromatic carbocycles. The average Bonchev–Trinajstić information content (AvgIpc) is 2.94. The quantitative estimate of drug-likeness (QED) is 0.819. The molecule has 0 bridgehead atoms. The van der Waals surface area contributed by atoms with Crippen LogP contribution in [0.25, 0.3) is 11.3 Å². The normalized spacial score (nSPS) is 15.0. The number of hydrogen-bond donors (Lipinski definition) is 1. The predicted molar refractivity (Wildman–Crippen MR) is 75.5 cm³/mol. The Kier molecular flexibility index (Phi) is 2.89. The van der Waals surface area contributed by atoms with Gasteiger partial charge in [0.2, 0.25) is 0 Å². The molecule has 3 rings (SSSR count). The van der Waals surface area contributed by atoms with Crippen LogP contribution in [0.1, 0.15) is 12.8 Å². The van der Waals surface area contributed by atoms with Gasteiger partial charge in [-0.2, -0.15) is 0 Å². The third kappa shape index (κ3) is 2.16. The number of benzene rings is 1. The lowest BCUT2D eigenvalue weighted by atomic mass is 10.1. The highest BCUT2D eigenvalue weighted by atomic mass is 15.2. The van der Waals surface area contributed by atoms with Crippen LogP contribution in [0.4, 0.5) is 11.5 Å². The van der Waals surface area contributed by atoms with Gasteiger partial charge in [0.15, 0.2) is 0 Å². The minimum atomic E-state index is 0.787. The van der Waals surface area contributed by atoms with Crippen molar-refractivity contribution in [3.63, 3.8) is 0 Å². The van der Waals surface area contributed by atoms with Gasteiger partial charge in [-0.3, -0.25) is 0 Å². The van der Waals surface area contributed by atoms with Crippen molar-refractivity contribution in [3.05, 3.63) is 42.5 Å². The molecule has 0 saturated carbocycles. The lowest BCUT2D eigenvalue weighted by molar-refractivity contribution is 0.939. The van der Waals surface area contributed by atoms with Crippen LogP contribution in [0.2, 0.25) is 0 Å². The fourth-order valence-electron chi connectivity index (χ4n) is 2.36. The van der Waals surface area contributed by atoms with Gasteiger partial charge in [-0.1, -0.05) is 18.2 Å². The Morgan fingerprint density at radius 2 is 1.67 bits per heavy atom. The van der Waals surface area contributed by atoms with Gasteiger partial charge in [-0.25, -0.2) is 4.98 Å². The summed E-state index contributed by atoms with van der Waals surface area (Å²) < 4.78 is 0. The zero-order chi connectivity index (χ0) is 12.4. The van der Waals surface area contributed by atoms with E-state index in [-0.39, 0.29) is 0 Å². The van der Waals surface area contributed by atoms with Gasteiger partial charge in [-0.15, -0.1) is 0 Å². The highest BCUT2D eigenvalue weighted by molar-refractivity contribution is 5.63. The first-order chi connectivity index (χ1) is 8.83. The van der Waals surface area contributed by atoms with Gasteiger partial charge in [0.1, 0.15) is 5.82 Å². The second kappa shape index (κ2) is 4.69. The first kappa shape index (κ1) is 11.1. The summed E-state index contributed by atoms with van der Waals surface area (Å²) in [7, 11) is 0. The van der Waals surface area contributed by atoms with Gasteiger partial charge >= 0.3 is 0 Å². The van der Waals surface area contributed by atoms with E-state index in [1.807, 2.05) is 30.3 Å². The second-order valence-electron chi connectivity index (χ2n) is 4.70. The number of nitrogens with zero attached hydrogens (tertiary/aromatic N) is 2. The van der Waals surface area contributed by atoms with E-state index in [4.69, 9.17) is 10.7 Å². The molecule has 1 saturated heterocycles. The van der Waals surface area contributed by atoms with Gasteiger partial charge < -0.3 is 10.6 Å². The van der Waals surface area contributed by atoms with Crippen LogP contribution in [-0.4, -0.2) is 18.1 Å². The van der Waals surface area contributed by atoms with E-state index in [9.17, 15) is 0 Å². The zero-order valence-electron chi connectivity index (χ0n) is 10.3. The molecule has 1 aliphatic rings. The molecule has 18 heavy (non-hydrogen) atoms. The molecule has 0 spiro atoms. The molecule has 0 unspecified atom stereocenters. The van der Waals surface area contributed by atoms with E-state index in [2.05, 4.69) is 17.0 Å². The van der Waals surface area contributed by atoms with Crippen LogP contribution >= 0.6 is 0 Å². The zero-order valence-corrected chi connectivity index (χ0v) is 10.3. The number of hydrogen-bond acceptors (Lipinski definition) is 3. The third-order valence-electron chi connectivity index (χ3n) is 3.37. The van der Waals surface area contributed by atoms with E-state index < -0.39 is 0 Å². The van der Waals surface area contributed by atoms with Crippen molar-refractivity contribution < 1.29 is 0 Å². The first-order valence-corrected chi connectivity index (χ1v) is 6.41. The molecule has 0 radical (unpaired) electrons. The van der Waals surface area contributed by atoms with Crippen molar-refractivity contribution in [1.82, 2.24) is 4.98 Å². The van der Waals surface area contributed by atoms with Crippen molar-refractivity contribution in [2.75, 3.05) is 23.7 Å². The molecule has 0 aliphatic carbocycles. The molecular weight excluding hydrogens is 222 g/mol. The van der Waals surface area contributed by atoms with Crippen LogP contribution < -0.4 is 10.6 Å². The van der Waals surface area contributed by atoms with E-state index >= 15 is 0 Å². The second-order valence-corrected chi connectivity index (χ2v) is 4.70. The molecule has 2 aromatic rings. The third-order valence-corrected chi connectivity index (χ3v) is 3.37. The fourth-order valence-corrected chi connectivity index (χ4v) is 2.36. The summed E-state index contributed by atoms with van der Waals surface area (Å²) in [5.74, 6) is 1.09. The van der Waals surface area contributed by atoms with Crippen LogP contribution in [0.3, 0.4) is 0 Å². The van der Waals surface area contributed by atoms with Gasteiger partial charge in [0.05, 0.1) is 5.69 Å². The van der Waals surface area contributed by atoms with Crippen molar-refractivity contribution in [1.29, 1.82) is 0 Å². The van der Waals surface area contributed by atoms with E-state index in [1.165, 1.54) is 12.8 Å². The van der Waals surface area contributed by atoms with Crippen molar-refractivity contribution >= 4 is 11.5 Å². The summed E-state index contributed by atoms with van der Waals surface area (Å²) in [5.41, 5.74) is 8.62. The Balaban J connectivity index is 1.92. The summed E-state index contributed by atoms with van der Waals surface area (Å²) in [6, 6.07) is 14.1. The monoisotopic (exact) mass is 239 g/mol. The molecule has 3 heteroatoms. The predicted octanol–water partition coefficient (Wildman–Crippen LogP) is 2.93. The number of rotatable bonds is 2. The van der Waals surface area contributed by atoms with E-state index in [1.54, 1.807) is 0 Å². The number of aromatic nitrogens is 1. The maximum Gasteiger partial charge on any atom is 0.129 e. The molecule has 1 aromatic heterocycles. The van der Waals surface area contributed by atoms with Gasteiger partial charge in [0.25, 0.3) is 0 Å². The molecule has 92 valence electrons. The van der Waals surface area contributed by atoms with Crippen LogP contribution in [0.5, 0.6) is 0 Å². The largest absolute Gasteiger partial charge is 0.399 e. The molecule has 2 N–H and O–H groups in total. The van der Waals surface area contributed by atoms with Crippen LogP contribution in [0.15, 0.2) is 42.5 Å². The maximum atomic E-state index is 5.71. The molecule has 1 aliphatic heterocycles. The number of pyridine rings is 1. The molecule has 0 amide bonds. The minimum Gasteiger partial charge on any atom is -0.399 e. The Labute approximate surface area is 107 Å². The maximum absolute atomic E-state index is 5.71. The average molecular weight is 239 g/mol. The highest BCUT2D eigenvalue weighted by Crippen LogP contribution is 2.23. The number of nitrogens with two attached hydrogens (primary N) is 1. The molecular formula is C15H17N3. The van der Waals surface area contributed by atoms with Crippen molar-refractivity contribution in [3.8, 4) is 11.3 Å². The summed E-state index contributed by atoms with van der Waals surface area (Å²) in [6.45, 7) is 2.25. The van der Waals surface area contributed by atoms with E-state index in [0.717, 1.165) is 35.9 Å². The Hall–Kier alpha value is -2.03. The van der Waals surface area contributed by atoms with Crippen molar-refractivity contribution in [2.45, 2.75) is 12.8 Å². The van der Waals surface area contributed by atoms with Crippen LogP contribution in [0, 0.1) is 0 Å². The van der Waals surface area contributed by atoms with Gasteiger partial charge in [0, 0.05) is 24.3 Å². The Bertz CT molecular complexity index is 528. The lowest BCUT2D eigenvalue weighted by Crippen LogP contribution is -2.18. The topological polar surface area (TPSA) is 42.1 Å².